The molecule has 1 saturated carbocycles. The molecular weight excluding hydrogens is 297 g/mol. The second kappa shape index (κ2) is 6.19. The topological polar surface area (TPSA) is 54.3 Å². The molecule has 6 nitrogen and oxygen atoms in total. The summed E-state index contributed by atoms with van der Waals surface area (Å²) in [6.45, 7) is 5.24. The van der Waals surface area contributed by atoms with Crippen LogP contribution in [0.1, 0.15) is 43.8 Å². The first-order valence-electron chi connectivity index (χ1n) is 8.77. The number of likely N-dealkylation sites (tertiary alicyclic amines) is 1. The molecule has 2 fully saturated rings. The highest BCUT2D eigenvalue weighted by molar-refractivity contribution is 5.79. The number of alkyl halides is 1. The van der Waals surface area contributed by atoms with Gasteiger partial charge < -0.3 is 9.47 Å². The van der Waals surface area contributed by atoms with Crippen molar-refractivity contribution in [3.05, 3.63) is 11.6 Å². The molecule has 2 aliphatic heterocycles. The van der Waals surface area contributed by atoms with Crippen LogP contribution in [-0.2, 0) is 24.4 Å². The third-order valence-electron chi connectivity index (χ3n) is 5.35. The maximum absolute atomic E-state index is 13.0. The Hall–Kier alpha value is -1.50. The smallest absolute Gasteiger partial charge is 0.226 e. The third-order valence-corrected chi connectivity index (χ3v) is 5.35. The lowest BCUT2D eigenvalue weighted by molar-refractivity contribution is -0.141. The average Bonchev–Trinajstić information content (AvgIpc) is 3.09. The van der Waals surface area contributed by atoms with Gasteiger partial charge in [0.15, 0.2) is 5.82 Å². The van der Waals surface area contributed by atoms with E-state index in [0.717, 1.165) is 50.8 Å². The summed E-state index contributed by atoms with van der Waals surface area (Å²) in [4.78, 5) is 16.7. The van der Waals surface area contributed by atoms with Gasteiger partial charge in [0, 0.05) is 19.0 Å². The van der Waals surface area contributed by atoms with Crippen LogP contribution in [0.15, 0.2) is 0 Å². The van der Waals surface area contributed by atoms with Gasteiger partial charge in [-0.1, -0.05) is 0 Å². The minimum atomic E-state index is -0.786. The van der Waals surface area contributed by atoms with Crippen LogP contribution in [0.5, 0.6) is 0 Å². The van der Waals surface area contributed by atoms with Gasteiger partial charge in [-0.15, -0.1) is 10.2 Å². The summed E-state index contributed by atoms with van der Waals surface area (Å²) in [7, 11) is 0. The minimum absolute atomic E-state index is 0.0939. The fraction of sp³-hybridized carbons (Fsp3) is 0.812. The number of fused-ring (bicyclic) bond motifs is 1. The van der Waals surface area contributed by atoms with Gasteiger partial charge in [0.25, 0.3) is 0 Å². The van der Waals surface area contributed by atoms with E-state index in [-0.39, 0.29) is 11.8 Å². The maximum Gasteiger partial charge on any atom is 0.226 e. The maximum atomic E-state index is 13.0. The highest BCUT2D eigenvalue weighted by Crippen LogP contribution is 2.32. The zero-order chi connectivity index (χ0) is 15.8. The van der Waals surface area contributed by atoms with Crippen LogP contribution >= 0.6 is 0 Å². The number of rotatable bonds is 3. The van der Waals surface area contributed by atoms with Gasteiger partial charge in [0.2, 0.25) is 5.91 Å². The van der Waals surface area contributed by atoms with Gasteiger partial charge in [-0.05, 0) is 45.2 Å². The summed E-state index contributed by atoms with van der Waals surface area (Å²) >= 11 is 0. The van der Waals surface area contributed by atoms with Crippen molar-refractivity contribution >= 4 is 5.91 Å². The molecule has 0 radical (unpaired) electrons. The van der Waals surface area contributed by atoms with Crippen molar-refractivity contribution in [3.63, 3.8) is 0 Å². The molecule has 0 atom stereocenters. The van der Waals surface area contributed by atoms with Crippen LogP contribution in [0.2, 0.25) is 0 Å². The minimum Gasteiger partial charge on any atom is -0.335 e. The van der Waals surface area contributed by atoms with Crippen molar-refractivity contribution in [2.75, 3.05) is 19.6 Å². The number of hydrogen-bond donors (Lipinski definition) is 0. The van der Waals surface area contributed by atoms with Crippen molar-refractivity contribution < 1.29 is 9.18 Å². The second-order valence-corrected chi connectivity index (χ2v) is 7.05. The Bertz CT molecular complexity index is 577. The lowest BCUT2D eigenvalue weighted by atomic mass is 9.82. The van der Waals surface area contributed by atoms with E-state index in [4.69, 9.17) is 0 Å². The number of hydrogen-bond acceptors (Lipinski definition) is 4. The van der Waals surface area contributed by atoms with Crippen LogP contribution in [-0.4, -0.2) is 56.3 Å². The first-order valence-corrected chi connectivity index (χ1v) is 8.77. The van der Waals surface area contributed by atoms with Crippen molar-refractivity contribution in [2.45, 2.75) is 57.9 Å². The van der Waals surface area contributed by atoms with Crippen LogP contribution in [0.25, 0.3) is 0 Å². The van der Waals surface area contributed by atoms with Crippen LogP contribution in [0.3, 0.4) is 0 Å². The molecule has 1 amide bonds. The van der Waals surface area contributed by atoms with Crippen molar-refractivity contribution in [2.24, 2.45) is 5.92 Å². The molecule has 3 aliphatic rings. The first-order chi connectivity index (χ1) is 11.2. The SMILES string of the molecule is O=C(C1CC(F)C1)N1CCCn2c(CN3CCCC3)nnc2C1. The number of nitrogens with zero attached hydrogens (tertiary/aromatic N) is 5. The van der Waals surface area contributed by atoms with Gasteiger partial charge in [-0.2, -0.15) is 0 Å². The van der Waals surface area contributed by atoms with Crippen LogP contribution in [0.4, 0.5) is 4.39 Å². The molecule has 0 bridgehead atoms. The van der Waals surface area contributed by atoms with Gasteiger partial charge in [0.05, 0.1) is 13.1 Å². The van der Waals surface area contributed by atoms with E-state index in [1.165, 1.54) is 12.8 Å². The third kappa shape index (κ3) is 2.98. The van der Waals surface area contributed by atoms with E-state index in [9.17, 15) is 9.18 Å². The molecule has 0 unspecified atom stereocenters. The molecule has 0 N–H and O–H groups in total. The quantitative estimate of drug-likeness (QED) is 0.843. The molecule has 1 aromatic heterocycles. The van der Waals surface area contributed by atoms with Crippen molar-refractivity contribution in [3.8, 4) is 0 Å². The Kier molecular flexibility index (Phi) is 4.05. The van der Waals surface area contributed by atoms with Crippen molar-refractivity contribution in [1.82, 2.24) is 24.6 Å². The number of carbonyl (C=O) groups excluding carboxylic acids is 1. The second-order valence-electron chi connectivity index (χ2n) is 7.05. The highest BCUT2D eigenvalue weighted by Gasteiger charge is 2.37. The van der Waals surface area contributed by atoms with Gasteiger partial charge in [-0.25, -0.2) is 4.39 Å². The fourth-order valence-electron chi connectivity index (χ4n) is 3.87. The first kappa shape index (κ1) is 15.1. The summed E-state index contributed by atoms with van der Waals surface area (Å²) in [6, 6.07) is 0. The number of aromatic nitrogens is 3. The summed E-state index contributed by atoms with van der Waals surface area (Å²) < 4.78 is 15.2. The molecular formula is C16H24FN5O. The molecule has 3 heterocycles. The predicted molar refractivity (Wildman–Crippen MR) is 82.2 cm³/mol. The van der Waals surface area contributed by atoms with Gasteiger partial charge in [0.1, 0.15) is 12.0 Å². The molecule has 23 heavy (non-hydrogen) atoms. The molecule has 7 heteroatoms. The van der Waals surface area contributed by atoms with E-state index >= 15 is 0 Å². The molecule has 0 spiro atoms. The molecule has 1 aromatic rings. The summed E-state index contributed by atoms with van der Waals surface area (Å²) in [5.41, 5.74) is 0. The largest absolute Gasteiger partial charge is 0.335 e. The summed E-state index contributed by atoms with van der Waals surface area (Å²) in [6.07, 6.45) is 3.44. The molecule has 1 saturated heterocycles. The summed E-state index contributed by atoms with van der Waals surface area (Å²) in [5.74, 6) is 1.87. The predicted octanol–water partition coefficient (Wildman–Crippen LogP) is 1.35. The fourth-order valence-corrected chi connectivity index (χ4v) is 3.87. The van der Waals surface area contributed by atoms with Crippen LogP contribution < -0.4 is 0 Å². The van der Waals surface area contributed by atoms with E-state index in [1.807, 2.05) is 4.90 Å². The molecule has 126 valence electrons. The Morgan fingerprint density at radius 2 is 1.87 bits per heavy atom. The Morgan fingerprint density at radius 1 is 1.09 bits per heavy atom. The van der Waals surface area contributed by atoms with E-state index < -0.39 is 6.17 Å². The number of carbonyl (C=O) groups is 1. The average molecular weight is 321 g/mol. The lowest BCUT2D eigenvalue weighted by Gasteiger charge is -2.33. The van der Waals surface area contributed by atoms with E-state index in [0.29, 0.717) is 19.4 Å². The number of amides is 1. The highest BCUT2D eigenvalue weighted by atomic mass is 19.1. The Balaban J connectivity index is 1.45. The zero-order valence-electron chi connectivity index (χ0n) is 13.5. The monoisotopic (exact) mass is 321 g/mol. The van der Waals surface area contributed by atoms with Crippen LogP contribution in [0, 0.1) is 5.92 Å². The molecule has 0 aromatic carbocycles. The standard InChI is InChI=1S/C16H24FN5O/c17-13-8-12(9-13)16(23)21-6-3-7-22-14(18-19-15(22)11-21)10-20-4-1-2-5-20/h12-13H,1-11H2. The van der Waals surface area contributed by atoms with Gasteiger partial charge in [-0.3, -0.25) is 9.69 Å². The Labute approximate surface area is 135 Å². The van der Waals surface area contributed by atoms with Gasteiger partial charge >= 0.3 is 0 Å². The normalized spacial score (nSPS) is 28.3. The van der Waals surface area contributed by atoms with E-state index in [1.54, 1.807) is 0 Å². The zero-order valence-corrected chi connectivity index (χ0v) is 13.5. The molecule has 1 aliphatic carbocycles. The Morgan fingerprint density at radius 3 is 2.61 bits per heavy atom. The number of halogens is 1. The lowest BCUT2D eigenvalue weighted by Crippen LogP contribution is -2.42. The molecule has 4 rings (SSSR count). The summed E-state index contributed by atoms with van der Waals surface area (Å²) in [5, 5.41) is 8.69. The van der Waals surface area contributed by atoms with E-state index in [2.05, 4.69) is 19.7 Å². The van der Waals surface area contributed by atoms with Crippen molar-refractivity contribution in [1.29, 1.82) is 0 Å².